The molecule has 0 amide bonds. The molecule has 2 aromatic carbocycles. The molecule has 0 aliphatic rings. The summed E-state index contributed by atoms with van der Waals surface area (Å²) in [5, 5.41) is 1.24. The molecule has 0 radical (unpaired) electrons. The summed E-state index contributed by atoms with van der Waals surface area (Å²) in [6.45, 7) is 4.00. The van der Waals surface area contributed by atoms with Crippen molar-refractivity contribution >= 4 is 26.8 Å². The van der Waals surface area contributed by atoms with Crippen LogP contribution in [-0.4, -0.2) is 4.98 Å². The summed E-state index contributed by atoms with van der Waals surface area (Å²) >= 11 is 3.40. The van der Waals surface area contributed by atoms with E-state index in [1.807, 2.05) is 62.5 Å². The van der Waals surface area contributed by atoms with Crippen LogP contribution in [0.2, 0.25) is 0 Å². The van der Waals surface area contributed by atoms with E-state index in [0.717, 1.165) is 4.47 Å². The largest absolute Gasteiger partial charge is 0.361 e. The van der Waals surface area contributed by atoms with E-state index in [-0.39, 0.29) is 0 Å². The number of hydrogen-bond acceptors (Lipinski definition) is 0. The molecule has 3 aromatic rings. The molecule has 0 unspecified atom stereocenters. The van der Waals surface area contributed by atoms with Gasteiger partial charge in [-0.25, -0.2) is 0 Å². The van der Waals surface area contributed by atoms with Crippen LogP contribution in [0.1, 0.15) is 13.8 Å². The standard InChI is InChI=1S/C8H6BrN.C6H6.C2H6/c9-7-1-2-8-6(5-7)3-4-10-8;1-2-4-6-5-3-1;1-2/h1-5,10H;1-6H;1-2H3. The van der Waals surface area contributed by atoms with Gasteiger partial charge < -0.3 is 4.98 Å². The molecule has 0 spiro atoms. The van der Waals surface area contributed by atoms with Gasteiger partial charge in [-0.2, -0.15) is 0 Å². The highest BCUT2D eigenvalue weighted by Crippen LogP contribution is 2.17. The number of aromatic amines is 1. The van der Waals surface area contributed by atoms with Gasteiger partial charge in [-0.05, 0) is 24.3 Å². The number of halogens is 1. The molecule has 0 saturated heterocycles. The van der Waals surface area contributed by atoms with Crippen LogP contribution in [-0.2, 0) is 0 Å². The summed E-state index contributed by atoms with van der Waals surface area (Å²) in [6, 6.07) is 20.2. The molecule has 0 fully saturated rings. The highest BCUT2D eigenvalue weighted by molar-refractivity contribution is 9.10. The summed E-state index contributed by atoms with van der Waals surface area (Å²) in [4.78, 5) is 3.13. The lowest BCUT2D eigenvalue weighted by molar-refractivity contribution is 1.48. The molecule has 2 heteroatoms. The number of hydrogen-bond donors (Lipinski definition) is 1. The summed E-state index contributed by atoms with van der Waals surface area (Å²) in [5.74, 6) is 0. The number of H-pyrrole nitrogens is 1. The lowest BCUT2D eigenvalue weighted by Crippen LogP contribution is -1.65. The SMILES string of the molecule is Brc1ccc2[nH]ccc2c1.CC.c1ccccc1. The predicted octanol–water partition coefficient (Wildman–Crippen LogP) is 5.64. The Morgan fingerprint density at radius 2 is 1.39 bits per heavy atom. The Labute approximate surface area is 117 Å². The minimum absolute atomic E-state index is 1.12. The van der Waals surface area contributed by atoms with Crippen LogP contribution >= 0.6 is 15.9 Å². The second kappa shape index (κ2) is 8.54. The maximum absolute atomic E-state index is 3.40. The van der Waals surface area contributed by atoms with Crippen molar-refractivity contribution in [1.82, 2.24) is 4.98 Å². The Morgan fingerprint density at radius 1 is 0.833 bits per heavy atom. The zero-order chi connectivity index (χ0) is 13.2. The van der Waals surface area contributed by atoms with Crippen molar-refractivity contribution in [3.8, 4) is 0 Å². The molecule has 94 valence electrons. The zero-order valence-electron chi connectivity index (χ0n) is 10.7. The lowest BCUT2D eigenvalue weighted by atomic mass is 10.3. The van der Waals surface area contributed by atoms with E-state index in [0.29, 0.717) is 0 Å². The quantitative estimate of drug-likeness (QED) is 0.553. The Morgan fingerprint density at radius 3 is 1.94 bits per heavy atom. The van der Waals surface area contributed by atoms with Crippen LogP contribution < -0.4 is 0 Å². The zero-order valence-corrected chi connectivity index (χ0v) is 12.3. The van der Waals surface area contributed by atoms with Gasteiger partial charge in [0, 0.05) is 21.6 Å². The van der Waals surface area contributed by atoms with Crippen molar-refractivity contribution in [2.24, 2.45) is 0 Å². The van der Waals surface area contributed by atoms with Gasteiger partial charge in [0.1, 0.15) is 0 Å². The number of aromatic nitrogens is 1. The molecular weight excluding hydrogens is 286 g/mol. The summed E-state index contributed by atoms with van der Waals surface area (Å²) in [7, 11) is 0. The molecule has 0 aliphatic carbocycles. The highest BCUT2D eigenvalue weighted by Gasteiger charge is 1.92. The fourth-order valence-corrected chi connectivity index (χ4v) is 1.79. The van der Waals surface area contributed by atoms with E-state index in [4.69, 9.17) is 0 Å². The first-order chi connectivity index (χ1) is 8.86. The van der Waals surface area contributed by atoms with E-state index in [2.05, 4.69) is 39.1 Å². The number of nitrogens with one attached hydrogen (secondary N) is 1. The van der Waals surface area contributed by atoms with E-state index >= 15 is 0 Å². The molecule has 1 aromatic heterocycles. The first-order valence-electron chi connectivity index (χ1n) is 6.09. The lowest BCUT2D eigenvalue weighted by Gasteiger charge is -1.88. The molecule has 0 atom stereocenters. The number of rotatable bonds is 0. The van der Waals surface area contributed by atoms with E-state index in [1.54, 1.807) is 0 Å². The predicted molar refractivity (Wildman–Crippen MR) is 83.8 cm³/mol. The van der Waals surface area contributed by atoms with Crippen molar-refractivity contribution in [1.29, 1.82) is 0 Å². The van der Waals surface area contributed by atoms with E-state index in [9.17, 15) is 0 Å². The third-order valence-electron chi connectivity index (χ3n) is 2.18. The summed E-state index contributed by atoms with van der Waals surface area (Å²) in [5.41, 5.74) is 1.18. The maximum atomic E-state index is 3.40. The Bertz CT molecular complexity index is 516. The van der Waals surface area contributed by atoms with Gasteiger partial charge >= 0.3 is 0 Å². The fourth-order valence-electron chi connectivity index (χ4n) is 1.41. The Hall–Kier alpha value is -1.54. The number of benzene rings is 2. The highest BCUT2D eigenvalue weighted by atomic mass is 79.9. The molecule has 18 heavy (non-hydrogen) atoms. The van der Waals surface area contributed by atoms with Crippen LogP contribution in [0.25, 0.3) is 10.9 Å². The first-order valence-corrected chi connectivity index (χ1v) is 6.88. The van der Waals surface area contributed by atoms with Gasteiger partial charge in [0.25, 0.3) is 0 Å². The Balaban J connectivity index is 0.000000174. The van der Waals surface area contributed by atoms with Crippen molar-refractivity contribution in [3.63, 3.8) is 0 Å². The average Bonchev–Trinajstić information content (AvgIpc) is 2.91. The first kappa shape index (κ1) is 14.5. The maximum Gasteiger partial charge on any atom is 0.0454 e. The molecule has 1 heterocycles. The summed E-state index contributed by atoms with van der Waals surface area (Å²) < 4.78 is 1.12. The molecule has 0 bridgehead atoms. The van der Waals surface area contributed by atoms with Crippen molar-refractivity contribution < 1.29 is 0 Å². The van der Waals surface area contributed by atoms with E-state index < -0.39 is 0 Å². The topological polar surface area (TPSA) is 15.8 Å². The van der Waals surface area contributed by atoms with Crippen molar-refractivity contribution in [2.75, 3.05) is 0 Å². The smallest absolute Gasteiger partial charge is 0.0454 e. The van der Waals surface area contributed by atoms with Gasteiger partial charge in [-0.3, -0.25) is 0 Å². The second-order valence-corrected chi connectivity index (χ2v) is 4.28. The van der Waals surface area contributed by atoms with Gasteiger partial charge in [0.05, 0.1) is 0 Å². The summed E-state index contributed by atoms with van der Waals surface area (Å²) in [6.07, 6.45) is 1.94. The van der Waals surface area contributed by atoms with Crippen LogP contribution in [0, 0.1) is 0 Å². The molecule has 1 N–H and O–H groups in total. The molecule has 0 saturated carbocycles. The van der Waals surface area contributed by atoms with E-state index in [1.165, 1.54) is 10.9 Å². The minimum Gasteiger partial charge on any atom is -0.361 e. The average molecular weight is 304 g/mol. The Kier molecular flexibility index (Phi) is 6.89. The molecule has 0 aliphatic heterocycles. The normalized spacial score (nSPS) is 8.83. The van der Waals surface area contributed by atoms with Gasteiger partial charge in [0.2, 0.25) is 0 Å². The second-order valence-electron chi connectivity index (χ2n) is 3.36. The van der Waals surface area contributed by atoms with Crippen LogP contribution in [0.15, 0.2) is 71.3 Å². The van der Waals surface area contributed by atoms with Gasteiger partial charge in [0.15, 0.2) is 0 Å². The van der Waals surface area contributed by atoms with Crippen LogP contribution in [0.4, 0.5) is 0 Å². The van der Waals surface area contributed by atoms with Crippen LogP contribution in [0.5, 0.6) is 0 Å². The number of fused-ring (bicyclic) bond motifs is 1. The monoisotopic (exact) mass is 303 g/mol. The van der Waals surface area contributed by atoms with Crippen molar-refractivity contribution in [3.05, 3.63) is 71.3 Å². The van der Waals surface area contributed by atoms with Gasteiger partial charge in [-0.15, -0.1) is 0 Å². The minimum atomic E-state index is 1.12. The van der Waals surface area contributed by atoms with Gasteiger partial charge in [-0.1, -0.05) is 66.2 Å². The fraction of sp³-hybridized carbons (Fsp3) is 0.125. The third-order valence-corrected chi connectivity index (χ3v) is 2.68. The molecular formula is C16H18BrN. The molecule has 1 nitrogen and oxygen atoms in total. The van der Waals surface area contributed by atoms with Crippen LogP contribution in [0.3, 0.4) is 0 Å². The van der Waals surface area contributed by atoms with Crippen molar-refractivity contribution in [2.45, 2.75) is 13.8 Å². The molecule has 3 rings (SSSR count). The third kappa shape index (κ3) is 4.76.